The molecule has 14 rings (SSSR count). The van der Waals surface area contributed by atoms with Crippen molar-refractivity contribution in [3.63, 3.8) is 0 Å². The van der Waals surface area contributed by atoms with Crippen molar-refractivity contribution in [2.75, 3.05) is 0 Å². The van der Waals surface area contributed by atoms with Crippen molar-refractivity contribution in [3.05, 3.63) is 219 Å². The molecule has 6 heteroatoms. The van der Waals surface area contributed by atoms with E-state index < -0.39 is 0 Å². The Kier molecular flexibility index (Phi) is 7.30. The van der Waals surface area contributed by atoms with Gasteiger partial charge in [-0.3, -0.25) is 9.97 Å². The molecule has 6 heterocycles. The lowest BCUT2D eigenvalue weighted by atomic mass is 10.1. The molecule has 0 saturated carbocycles. The van der Waals surface area contributed by atoms with Crippen LogP contribution in [-0.4, -0.2) is 28.2 Å². The highest BCUT2D eigenvalue weighted by Crippen LogP contribution is 2.40. The fourth-order valence-electron chi connectivity index (χ4n) is 10.6. The molecule has 6 aromatic heterocycles. The number of fused-ring (bicyclic) bond motifs is 12. The third-order valence-corrected chi connectivity index (χ3v) is 13.3. The average molecular weight is 817 g/mol. The van der Waals surface area contributed by atoms with Crippen LogP contribution in [0.3, 0.4) is 0 Å². The van der Waals surface area contributed by atoms with Gasteiger partial charge in [-0.05, 0) is 84.9 Å². The lowest BCUT2D eigenvalue weighted by Crippen LogP contribution is -1.98. The highest BCUT2D eigenvalue weighted by Gasteiger charge is 2.19. The molecule has 0 aliphatic heterocycles. The molecule has 298 valence electrons. The first-order valence-corrected chi connectivity index (χ1v) is 21.7. The first-order valence-electron chi connectivity index (χ1n) is 21.7. The van der Waals surface area contributed by atoms with Gasteiger partial charge in [0.15, 0.2) is 0 Å². The summed E-state index contributed by atoms with van der Waals surface area (Å²) in [5.74, 6) is 0. The second kappa shape index (κ2) is 13.4. The molecular formula is C58H36N6. The molecule has 0 radical (unpaired) electrons. The third kappa shape index (κ3) is 4.96. The smallest absolute Gasteiger partial charge is 0.0651 e. The molecule has 64 heavy (non-hydrogen) atoms. The average Bonchev–Trinajstić information content (AvgIpc) is 4.09. The monoisotopic (exact) mass is 816 g/mol. The third-order valence-electron chi connectivity index (χ3n) is 13.3. The minimum absolute atomic E-state index is 0.994. The Morgan fingerprint density at radius 3 is 0.812 bits per heavy atom. The van der Waals surface area contributed by atoms with Gasteiger partial charge >= 0.3 is 0 Å². The van der Waals surface area contributed by atoms with Crippen LogP contribution in [0.1, 0.15) is 0 Å². The maximum atomic E-state index is 4.86. The summed E-state index contributed by atoms with van der Waals surface area (Å²) in [7, 11) is 0. The molecule has 14 aromatic rings. The van der Waals surface area contributed by atoms with Gasteiger partial charge in [0.2, 0.25) is 0 Å². The van der Waals surface area contributed by atoms with E-state index in [4.69, 9.17) is 9.97 Å². The van der Waals surface area contributed by atoms with Crippen LogP contribution >= 0.6 is 0 Å². The summed E-state index contributed by atoms with van der Waals surface area (Å²) in [5.41, 5.74) is 15.6. The summed E-state index contributed by atoms with van der Waals surface area (Å²) in [5, 5.41) is 9.79. The highest BCUT2D eigenvalue weighted by atomic mass is 15.0. The van der Waals surface area contributed by atoms with Crippen molar-refractivity contribution in [2.24, 2.45) is 0 Å². The fourth-order valence-corrected chi connectivity index (χ4v) is 10.6. The number of nitrogens with zero attached hydrogens (tertiary/aromatic N) is 6. The fraction of sp³-hybridized carbons (Fsp3) is 0. The van der Waals surface area contributed by atoms with E-state index >= 15 is 0 Å². The Bertz CT molecular complexity index is 3840. The lowest BCUT2D eigenvalue weighted by Gasteiger charge is -2.12. The van der Waals surface area contributed by atoms with Gasteiger partial charge < -0.3 is 18.3 Å². The Morgan fingerprint density at radius 1 is 0.219 bits per heavy atom. The van der Waals surface area contributed by atoms with Crippen molar-refractivity contribution in [3.8, 4) is 33.9 Å². The molecule has 0 aliphatic rings. The Labute approximate surface area is 366 Å². The van der Waals surface area contributed by atoms with Gasteiger partial charge in [-0.1, -0.05) is 109 Å². The molecule has 0 saturated heterocycles. The van der Waals surface area contributed by atoms with Crippen molar-refractivity contribution < 1.29 is 0 Å². The molecular weight excluding hydrogens is 781 g/mol. The van der Waals surface area contributed by atoms with E-state index in [2.05, 4.69) is 212 Å². The van der Waals surface area contributed by atoms with Gasteiger partial charge in [0, 0.05) is 78.0 Å². The van der Waals surface area contributed by atoms with Crippen LogP contribution in [0.5, 0.6) is 0 Å². The van der Waals surface area contributed by atoms with Crippen molar-refractivity contribution in [2.45, 2.75) is 0 Å². The molecule has 0 spiro atoms. The second-order valence-corrected chi connectivity index (χ2v) is 16.7. The number of hydrogen-bond donors (Lipinski definition) is 0. The lowest BCUT2D eigenvalue weighted by molar-refractivity contribution is 1.13. The van der Waals surface area contributed by atoms with Gasteiger partial charge in [-0.15, -0.1) is 0 Å². The molecule has 0 atom stereocenters. The van der Waals surface area contributed by atoms with E-state index in [-0.39, 0.29) is 0 Å². The zero-order chi connectivity index (χ0) is 41.9. The largest absolute Gasteiger partial charge is 0.309 e. The van der Waals surface area contributed by atoms with E-state index in [0.717, 1.165) is 55.9 Å². The van der Waals surface area contributed by atoms with Crippen LogP contribution in [0.25, 0.3) is 121 Å². The van der Waals surface area contributed by atoms with Crippen LogP contribution in [0.15, 0.2) is 219 Å². The molecule has 6 nitrogen and oxygen atoms in total. The number of benzene rings is 8. The van der Waals surface area contributed by atoms with Crippen molar-refractivity contribution in [1.82, 2.24) is 28.2 Å². The maximum Gasteiger partial charge on any atom is 0.0651 e. The van der Waals surface area contributed by atoms with Crippen molar-refractivity contribution >= 4 is 87.2 Å². The molecule has 8 aromatic carbocycles. The first-order chi connectivity index (χ1) is 31.8. The van der Waals surface area contributed by atoms with Crippen LogP contribution in [0, 0.1) is 0 Å². The molecule has 0 aliphatic carbocycles. The topological polar surface area (TPSA) is 45.5 Å². The van der Waals surface area contributed by atoms with Crippen LogP contribution in [0.2, 0.25) is 0 Å². The van der Waals surface area contributed by atoms with Gasteiger partial charge in [0.1, 0.15) is 0 Å². The van der Waals surface area contributed by atoms with Gasteiger partial charge in [-0.2, -0.15) is 0 Å². The standard InChI is InChI=1S/C58H36N6/c1-7-19-51-43(13-1)44-14-2-8-20-52(44)61(51)39-25-27-57-49(31-39)47-17-5-11-23-55(47)63(57)41-29-37(33-59-35-41)38-30-42(36-60-34-38)64-56-24-12-6-18-48(56)50-32-40(26-28-58(50)64)62-53-21-9-3-15-45(53)46-16-4-10-22-54(46)62/h1-36H. The second-order valence-electron chi connectivity index (χ2n) is 16.7. The maximum absolute atomic E-state index is 4.86. The van der Waals surface area contributed by atoms with Crippen LogP contribution in [0.4, 0.5) is 0 Å². The molecule has 0 N–H and O–H groups in total. The van der Waals surface area contributed by atoms with Gasteiger partial charge in [0.25, 0.3) is 0 Å². The Hall–Kier alpha value is -8.74. The van der Waals surface area contributed by atoms with Crippen molar-refractivity contribution in [1.29, 1.82) is 0 Å². The minimum atomic E-state index is 0.994. The van der Waals surface area contributed by atoms with E-state index in [1.165, 1.54) is 65.2 Å². The zero-order valence-electron chi connectivity index (χ0n) is 34.5. The minimum Gasteiger partial charge on any atom is -0.309 e. The summed E-state index contributed by atoms with van der Waals surface area (Å²) in [6.07, 6.45) is 7.83. The summed E-state index contributed by atoms with van der Waals surface area (Å²) in [4.78, 5) is 9.73. The predicted octanol–water partition coefficient (Wildman–Crippen LogP) is 14.5. The van der Waals surface area contributed by atoms with Gasteiger partial charge in [0.05, 0.1) is 67.9 Å². The zero-order valence-corrected chi connectivity index (χ0v) is 34.5. The van der Waals surface area contributed by atoms with E-state index in [1.54, 1.807) is 0 Å². The molecule has 0 unspecified atom stereocenters. The normalized spacial score (nSPS) is 12.1. The summed E-state index contributed by atoms with van der Waals surface area (Å²) in [6.45, 7) is 0. The molecule has 0 bridgehead atoms. The number of para-hydroxylation sites is 6. The predicted molar refractivity (Wildman–Crippen MR) is 265 cm³/mol. The summed E-state index contributed by atoms with van der Waals surface area (Å²) in [6, 6.07) is 70.3. The van der Waals surface area contributed by atoms with E-state index in [0.29, 0.717) is 0 Å². The molecule has 0 fully saturated rings. The number of rotatable bonds is 5. The Morgan fingerprint density at radius 2 is 0.484 bits per heavy atom. The number of aromatic nitrogens is 6. The van der Waals surface area contributed by atoms with E-state index in [1.807, 2.05) is 24.8 Å². The van der Waals surface area contributed by atoms with Crippen LogP contribution in [-0.2, 0) is 0 Å². The van der Waals surface area contributed by atoms with Crippen LogP contribution < -0.4 is 0 Å². The van der Waals surface area contributed by atoms with E-state index in [9.17, 15) is 0 Å². The SMILES string of the molecule is c1ccc2c(c1)c1ccccc1n2-c1ccc2c(c1)c1ccccc1n2-c1cncc(-c2cncc(-n3c4ccccc4c4cc(-n5c6ccccc6c6ccccc65)ccc43)c2)c1. The molecule has 0 amide bonds. The number of hydrogen-bond acceptors (Lipinski definition) is 2. The van der Waals surface area contributed by atoms with Gasteiger partial charge in [-0.25, -0.2) is 0 Å². The quantitative estimate of drug-likeness (QED) is 0.174. The first kappa shape index (κ1) is 34.9. The number of pyridine rings is 2. The summed E-state index contributed by atoms with van der Waals surface area (Å²) >= 11 is 0. The summed E-state index contributed by atoms with van der Waals surface area (Å²) < 4.78 is 9.46. The Balaban J connectivity index is 0.896. The highest BCUT2D eigenvalue weighted by molar-refractivity contribution is 6.14.